The van der Waals surface area contributed by atoms with Gasteiger partial charge in [-0.05, 0) is 131 Å². The molecule has 9 rings (SSSR count). The first-order chi connectivity index (χ1) is 31.1. The first-order valence-electron chi connectivity index (χ1n) is 22.8. The first-order valence-corrected chi connectivity index (χ1v) is 24.4. The fourth-order valence-corrected chi connectivity index (χ4v) is 13.5. The third-order valence-corrected chi connectivity index (χ3v) is 17.0. The number of halogens is 4. The van der Waals surface area contributed by atoms with Crippen LogP contribution in [-0.2, 0) is 32.7 Å². The Balaban J connectivity index is 0.775. The topological polar surface area (TPSA) is 175 Å². The summed E-state index contributed by atoms with van der Waals surface area (Å²) < 4.78 is 88.7. The van der Waals surface area contributed by atoms with E-state index >= 15 is 4.39 Å². The molecule has 1 saturated carbocycles. The number of likely N-dealkylation sites (tertiary alicyclic amines) is 1. The molecule has 20 heteroatoms. The summed E-state index contributed by atoms with van der Waals surface area (Å²) in [5, 5.41) is 15.5. The van der Waals surface area contributed by atoms with Crippen molar-refractivity contribution >= 4 is 55.8 Å². The van der Waals surface area contributed by atoms with Crippen LogP contribution in [-0.4, -0.2) is 106 Å². The van der Waals surface area contributed by atoms with Gasteiger partial charge in [0, 0.05) is 58.1 Å². The van der Waals surface area contributed by atoms with E-state index in [9.17, 15) is 41.1 Å². The van der Waals surface area contributed by atoms with Crippen LogP contribution in [0.4, 0.5) is 40.7 Å². The summed E-state index contributed by atoms with van der Waals surface area (Å²) >= 11 is 0. The average molecular weight is 940 g/mol. The fourth-order valence-electron chi connectivity index (χ4n) is 11.4. The van der Waals surface area contributed by atoms with Gasteiger partial charge in [0.1, 0.15) is 22.9 Å². The molecule has 0 bridgehead atoms. The highest BCUT2D eigenvalue weighted by molar-refractivity contribution is 7.92. The van der Waals surface area contributed by atoms with Crippen LogP contribution in [0.25, 0.3) is 11.0 Å². The number of rotatable bonds is 9. The minimum absolute atomic E-state index is 0.0188. The first kappa shape index (κ1) is 46.0. The molecule has 1 spiro atoms. The normalized spacial score (nSPS) is 24.8. The van der Waals surface area contributed by atoms with Crippen LogP contribution < -0.4 is 26.1 Å². The lowest BCUT2D eigenvalue weighted by Gasteiger charge is -2.52. The van der Waals surface area contributed by atoms with Crippen molar-refractivity contribution in [1.29, 1.82) is 0 Å². The summed E-state index contributed by atoms with van der Waals surface area (Å²) in [5.74, 6) is -1.52. The van der Waals surface area contributed by atoms with Gasteiger partial charge in [0.2, 0.25) is 17.8 Å². The highest BCUT2D eigenvalue weighted by Crippen LogP contribution is 2.53. The van der Waals surface area contributed by atoms with Crippen LogP contribution in [0.15, 0.2) is 46.2 Å². The number of nitrogens with one attached hydrogen (secondary N) is 2. The number of aromatic nitrogens is 4. The number of carbonyl (C=O) groups excluding carboxylic acids is 2. The number of β-amino-alcohol motifs (C(OH)–C–C–N with tert-alkyl or cyclic N) is 1. The molecule has 2 aromatic carbocycles. The summed E-state index contributed by atoms with van der Waals surface area (Å²) in [6, 6.07) is 7.16. The van der Waals surface area contributed by atoms with Gasteiger partial charge in [0.05, 0.1) is 27.0 Å². The molecule has 4 aliphatic heterocycles. The number of fused-ring (bicyclic) bond motifs is 1. The molecular formula is C46H57F4N9O6S. The standard InChI is InChI=1S/C46H57F4N9O6S/c1-27-20-44(3,63)26-58(24-27)40-32(46(48,49)50)23-51-42(54-40)52-33-6-5-30(19-28(33)2)66(64,65)31-21-45(22-31)13-17-56(18-14-45)25-29-11-15-57(16-12-29)34-7-8-35-39(38(34)47)55(4)43(62)59(35)36-9-10-37(60)53-41(36)61/h5-8,19,23,27,29,31,36,63H,9-18,20-22,24-26H2,1-4H3,(H,51,52,54)(H,53,60,61). The number of benzene rings is 2. The van der Waals surface area contributed by atoms with Crippen molar-refractivity contribution in [3.63, 3.8) is 0 Å². The Hall–Kier alpha value is -5.08. The highest BCUT2D eigenvalue weighted by Gasteiger charge is 2.51. The maximum Gasteiger partial charge on any atom is 0.421 e. The Kier molecular flexibility index (Phi) is 11.8. The molecule has 5 aliphatic rings. The fraction of sp³-hybridized carbons (Fsp3) is 0.587. The zero-order valence-electron chi connectivity index (χ0n) is 37.6. The van der Waals surface area contributed by atoms with Gasteiger partial charge < -0.3 is 25.1 Å². The van der Waals surface area contributed by atoms with Crippen molar-refractivity contribution in [3.8, 4) is 0 Å². The minimum atomic E-state index is -4.71. The van der Waals surface area contributed by atoms with Gasteiger partial charge in [-0.2, -0.15) is 18.2 Å². The SMILES string of the molecule is Cc1cc(S(=O)(=O)C2CC3(CCN(CC4CCN(c5ccc6c(c5F)n(C)c(=O)n6C5CCC(=O)NC5=O)CC4)CC3)C2)ccc1Nc1ncc(C(F)(F)F)c(N2CC(C)CC(C)(O)C2)n1. The van der Waals surface area contributed by atoms with Crippen LogP contribution in [0.5, 0.6) is 0 Å². The molecule has 66 heavy (non-hydrogen) atoms. The number of amides is 2. The highest BCUT2D eigenvalue weighted by atomic mass is 32.2. The lowest BCUT2D eigenvalue weighted by atomic mass is 9.63. The number of hydrogen-bond acceptors (Lipinski definition) is 12. The van der Waals surface area contributed by atoms with Gasteiger partial charge in [0.25, 0.3) is 0 Å². The molecule has 2 aromatic heterocycles. The molecule has 3 N–H and O–H groups in total. The van der Waals surface area contributed by atoms with Gasteiger partial charge in [-0.25, -0.2) is 22.6 Å². The van der Waals surface area contributed by atoms with E-state index in [2.05, 4.69) is 25.5 Å². The molecule has 4 saturated heterocycles. The molecule has 3 atom stereocenters. The number of piperidine rings is 4. The lowest BCUT2D eigenvalue weighted by Crippen LogP contribution is -2.52. The Morgan fingerprint density at radius 3 is 2.35 bits per heavy atom. The molecule has 356 valence electrons. The van der Waals surface area contributed by atoms with Crippen molar-refractivity contribution in [2.75, 3.05) is 60.9 Å². The van der Waals surface area contributed by atoms with E-state index in [-0.39, 0.29) is 59.4 Å². The van der Waals surface area contributed by atoms with Crippen LogP contribution in [0, 0.1) is 30.0 Å². The molecular weight excluding hydrogens is 883 g/mol. The number of nitrogens with zero attached hydrogens (tertiary/aromatic N) is 7. The smallest absolute Gasteiger partial charge is 0.388 e. The zero-order valence-corrected chi connectivity index (χ0v) is 38.4. The maximum atomic E-state index is 16.2. The summed E-state index contributed by atoms with van der Waals surface area (Å²) in [6.45, 7) is 9.42. The van der Waals surface area contributed by atoms with E-state index in [4.69, 9.17) is 0 Å². The van der Waals surface area contributed by atoms with Crippen molar-refractivity contribution < 1.29 is 40.7 Å². The molecule has 6 heterocycles. The number of aryl methyl sites for hydroxylation is 2. The summed E-state index contributed by atoms with van der Waals surface area (Å²) in [6.07, 6.45) is 1.46. The molecule has 15 nitrogen and oxygen atoms in total. The average Bonchev–Trinajstić information content (AvgIpc) is 3.49. The van der Waals surface area contributed by atoms with Gasteiger partial charge in [-0.15, -0.1) is 0 Å². The number of aliphatic hydroxyl groups is 1. The number of anilines is 4. The second-order valence-electron chi connectivity index (χ2n) is 20.0. The van der Waals surface area contributed by atoms with E-state index in [0.29, 0.717) is 60.7 Å². The van der Waals surface area contributed by atoms with Crippen molar-refractivity contribution in [2.45, 2.75) is 107 Å². The van der Waals surface area contributed by atoms with Gasteiger partial charge >= 0.3 is 11.9 Å². The predicted molar refractivity (Wildman–Crippen MR) is 240 cm³/mol. The van der Waals surface area contributed by atoms with E-state index in [1.165, 1.54) is 27.1 Å². The summed E-state index contributed by atoms with van der Waals surface area (Å²) in [4.78, 5) is 51.9. The number of carbonyl (C=O) groups is 2. The van der Waals surface area contributed by atoms with Gasteiger partial charge in [-0.1, -0.05) is 6.92 Å². The zero-order chi connectivity index (χ0) is 47.1. The summed E-state index contributed by atoms with van der Waals surface area (Å²) in [7, 11) is -2.16. The number of alkyl halides is 3. The lowest BCUT2D eigenvalue weighted by molar-refractivity contribution is -0.138. The third-order valence-electron chi connectivity index (χ3n) is 14.8. The Labute approximate surface area is 380 Å². The van der Waals surface area contributed by atoms with Gasteiger partial charge in [-0.3, -0.25) is 24.0 Å². The molecule has 5 fully saturated rings. The Morgan fingerprint density at radius 1 is 0.985 bits per heavy atom. The molecule has 1 aliphatic carbocycles. The molecule has 4 aromatic rings. The van der Waals surface area contributed by atoms with Crippen molar-refractivity contribution in [3.05, 3.63) is 64.0 Å². The second kappa shape index (κ2) is 16.9. The van der Waals surface area contributed by atoms with Crippen LogP contribution in [0.3, 0.4) is 0 Å². The van der Waals surface area contributed by atoms with Gasteiger partial charge in [0.15, 0.2) is 15.7 Å². The second-order valence-corrected chi connectivity index (χ2v) is 22.2. The minimum Gasteiger partial charge on any atom is -0.388 e. The Morgan fingerprint density at radius 2 is 1.70 bits per heavy atom. The van der Waals surface area contributed by atoms with E-state index in [1.54, 1.807) is 38.1 Å². The summed E-state index contributed by atoms with van der Waals surface area (Å²) in [5.41, 5.74) is -0.840. The van der Waals surface area contributed by atoms with E-state index in [0.717, 1.165) is 51.5 Å². The van der Waals surface area contributed by atoms with E-state index in [1.807, 2.05) is 11.8 Å². The number of hydrogen-bond donors (Lipinski definition) is 3. The third kappa shape index (κ3) is 8.68. The van der Waals surface area contributed by atoms with Crippen molar-refractivity contribution in [2.24, 2.45) is 24.3 Å². The largest absolute Gasteiger partial charge is 0.421 e. The van der Waals surface area contributed by atoms with Crippen molar-refractivity contribution in [1.82, 2.24) is 29.3 Å². The molecule has 2 amide bonds. The van der Waals surface area contributed by atoms with Crippen LogP contribution >= 0.6 is 0 Å². The number of imide groups is 1. The predicted octanol–water partition coefficient (Wildman–Crippen LogP) is 5.85. The van der Waals surface area contributed by atoms with Crippen LogP contribution in [0.2, 0.25) is 0 Å². The number of sulfone groups is 1. The Bertz CT molecular complexity index is 2730. The van der Waals surface area contributed by atoms with E-state index < -0.39 is 61.8 Å². The molecule has 0 radical (unpaired) electrons. The van der Waals surface area contributed by atoms with Crippen LogP contribution in [0.1, 0.15) is 88.8 Å². The quantitative estimate of drug-likeness (QED) is 0.135. The number of imidazole rings is 1. The molecule has 3 unspecified atom stereocenters. The maximum absolute atomic E-state index is 16.2. The monoisotopic (exact) mass is 939 g/mol.